The zero-order chi connectivity index (χ0) is 13.7. The van der Waals surface area contributed by atoms with Crippen LogP contribution in [0.5, 0.6) is 0 Å². The van der Waals surface area contributed by atoms with Gasteiger partial charge in [-0.1, -0.05) is 30.3 Å². The summed E-state index contributed by atoms with van der Waals surface area (Å²) in [5.74, 6) is -0.0317. The first kappa shape index (κ1) is 14.0. The summed E-state index contributed by atoms with van der Waals surface area (Å²) in [6.07, 6.45) is 2.38. The first-order chi connectivity index (χ1) is 9.19. The van der Waals surface area contributed by atoms with Crippen molar-refractivity contribution in [3.05, 3.63) is 35.9 Å². The summed E-state index contributed by atoms with van der Waals surface area (Å²) in [6, 6.07) is 10.0. The van der Waals surface area contributed by atoms with Crippen LogP contribution in [0.2, 0.25) is 0 Å². The van der Waals surface area contributed by atoms with Crippen LogP contribution in [-0.2, 0) is 16.0 Å². The lowest BCUT2D eigenvalue weighted by atomic mass is 10.1. The second-order valence-corrected chi connectivity index (χ2v) is 5.14. The van der Waals surface area contributed by atoms with Crippen LogP contribution >= 0.6 is 0 Å². The van der Waals surface area contributed by atoms with Gasteiger partial charge in [0.15, 0.2) is 0 Å². The van der Waals surface area contributed by atoms with Crippen molar-refractivity contribution in [2.75, 3.05) is 6.54 Å². The van der Waals surface area contributed by atoms with Crippen LogP contribution in [0.3, 0.4) is 0 Å². The first-order valence-corrected chi connectivity index (χ1v) is 6.89. The van der Waals surface area contributed by atoms with Gasteiger partial charge >= 0.3 is 0 Å². The molecule has 1 aliphatic rings. The standard InChI is InChI=1S/C15H22N2O2/c1-11-7-8-14(19-11)15(18)17-13(10-16)9-12-5-3-2-4-6-12/h2-6,11,13-14H,7-10,16H2,1H3,(H,17,18). The molecule has 2 rings (SSSR count). The number of ether oxygens (including phenoxy) is 1. The number of benzene rings is 1. The van der Waals surface area contributed by atoms with Gasteiger partial charge in [0, 0.05) is 12.6 Å². The van der Waals surface area contributed by atoms with Crippen molar-refractivity contribution >= 4 is 5.91 Å². The SMILES string of the molecule is CC1CCC(C(=O)NC(CN)Cc2ccccc2)O1. The van der Waals surface area contributed by atoms with E-state index in [1.54, 1.807) is 0 Å². The molecule has 3 atom stereocenters. The molecular weight excluding hydrogens is 240 g/mol. The Morgan fingerprint density at radius 1 is 1.42 bits per heavy atom. The third-order valence-corrected chi connectivity index (χ3v) is 3.48. The Morgan fingerprint density at radius 2 is 2.16 bits per heavy atom. The maximum Gasteiger partial charge on any atom is 0.249 e. The van der Waals surface area contributed by atoms with Crippen molar-refractivity contribution in [3.63, 3.8) is 0 Å². The van der Waals surface area contributed by atoms with Gasteiger partial charge in [-0.15, -0.1) is 0 Å². The lowest BCUT2D eigenvalue weighted by Crippen LogP contribution is -2.46. The average molecular weight is 262 g/mol. The lowest BCUT2D eigenvalue weighted by molar-refractivity contribution is -0.132. The van der Waals surface area contributed by atoms with Crippen LogP contribution in [0.4, 0.5) is 0 Å². The zero-order valence-electron chi connectivity index (χ0n) is 11.3. The minimum atomic E-state index is -0.306. The molecule has 1 heterocycles. The molecule has 1 saturated heterocycles. The number of amides is 1. The monoisotopic (exact) mass is 262 g/mol. The third-order valence-electron chi connectivity index (χ3n) is 3.48. The van der Waals surface area contributed by atoms with Gasteiger partial charge in [-0.05, 0) is 31.7 Å². The fourth-order valence-corrected chi connectivity index (χ4v) is 2.38. The van der Waals surface area contributed by atoms with E-state index in [1.165, 1.54) is 5.56 Å². The van der Waals surface area contributed by atoms with Gasteiger partial charge in [0.05, 0.1) is 6.10 Å². The second kappa shape index (κ2) is 6.68. The predicted molar refractivity (Wildman–Crippen MR) is 74.7 cm³/mol. The number of nitrogens with one attached hydrogen (secondary N) is 1. The Balaban J connectivity index is 1.87. The van der Waals surface area contributed by atoms with Gasteiger partial charge in [0.2, 0.25) is 5.91 Å². The predicted octanol–water partition coefficient (Wildman–Crippen LogP) is 1.24. The molecular formula is C15H22N2O2. The smallest absolute Gasteiger partial charge is 0.249 e. The molecule has 1 aliphatic heterocycles. The largest absolute Gasteiger partial charge is 0.365 e. The van der Waals surface area contributed by atoms with Crippen molar-refractivity contribution in [1.82, 2.24) is 5.32 Å². The number of carbonyl (C=O) groups is 1. The molecule has 3 N–H and O–H groups in total. The molecule has 3 unspecified atom stereocenters. The Hall–Kier alpha value is -1.39. The molecule has 0 spiro atoms. The van der Waals surface area contributed by atoms with E-state index in [9.17, 15) is 4.79 Å². The molecule has 19 heavy (non-hydrogen) atoms. The van der Waals surface area contributed by atoms with E-state index < -0.39 is 0 Å². The number of rotatable bonds is 5. The Morgan fingerprint density at radius 3 is 2.74 bits per heavy atom. The molecule has 104 valence electrons. The Bertz CT molecular complexity index is 408. The van der Waals surface area contributed by atoms with Crippen molar-refractivity contribution in [2.45, 2.75) is 44.4 Å². The van der Waals surface area contributed by atoms with Crippen LogP contribution in [-0.4, -0.2) is 30.7 Å². The van der Waals surface area contributed by atoms with Gasteiger partial charge in [0.25, 0.3) is 0 Å². The van der Waals surface area contributed by atoms with Gasteiger partial charge in [-0.3, -0.25) is 4.79 Å². The number of hydrogen-bond donors (Lipinski definition) is 2. The van der Waals surface area contributed by atoms with Crippen LogP contribution in [0, 0.1) is 0 Å². The summed E-state index contributed by atoms with van der Waals surface area (Å²) in [7, 11) is 0. The fourth-order valence-electron chi connectivity index (χ4n) is 2.38. The molecule has 0 aliphatic carbocycles. The summed E-state index contributed by atoms with van der Waals surface area (Å²) in [4.78, 5) is 12.1. The van der Waals surface area contributed by atoms with Crippen LogP contribution in [0.1, 0.15) is 25.3 Å². The molecule has 1 amide bonds. The molecule has 0 saturated carbocycles. The van der Waals surface area contributed by atoms with E-state index in [2.05, 4.69) is 5.32 Å². The Labute approximate surface area is 114 Å². The highest BCUT2D eigenvalue weighted by Gasteiger charge is 2.29. The highest BCUT2D eigenvalue weighted by molar-refractivity contribution is 5.81. The molecule has 0 radical (unpaired) electrons. The number of hydrogen-bond acceptors (Lipinski definition) is 3. The van der Waals surface area contributed by atoms with Crippen LogP contribution < -0.4 is 11.1 Å². The van der Waals surface area contributed by atoms with E-state index in [0.717, 1.165) is 19.3 Å². The number of carbonyl (C=O) groups excluding carboxylic acids is 1. The highest BCUT2D eigenvalue weighted by Crippen LogP contribution is 2.19. The Kier molecular flexibility index (Phi) is 4.93. The quantitative estimate of drug-likeness (QED) is 0.839. The maximum atomic E-state index is 12.1. The average Bonchev–Trinajstić information content (AvgIpc) is 2.86. The van der Waals surface area contributed by atoms with E-state index in [4.69, 9.17) is 10.5 Å². The van der Waals surface area contributed by atoms with Crippen LogP contribution in [0.15, 0.2) is 30.3 Å². The molecule has 1 aromatic carbocycles. The van der Waals surface area contributed by atoms with Crippen molar-refractivity contribution < 1.29 is 9.53 Å². The van der Waals surface area contributed by atoms with Gasteiger partial charge in [-0.2, -0.15) is 0 Å². The van der Waals surface area contributed by atoms with Crippen molar-refractivity contribution in [1.29, 1.82) is 0 Å². The summed E-state index contributed by atoms with van der Waals surface area (Å²) >= 11 is 0. The fraction of sp³-hybridized carbons (Fsp3) is 0.533. The normalized spacial score (nSPS) is 24.1. The molecule has 1 aromatic rings. The number of nitrogens with two attached hydrogens (primary N) is 1. The van der Waals surface area contributed by atoms with E-state index >= 15 is 0 Å². The minimum Gasteiger partial charge on any atom is -0.365 e. The van der Waals surface area contributed by atoms with E-state index in [-0.39, 0.29) is 24.2 Å². The summed E-state index contributed by atoms with van der Waals surface area (Å²) in [6.45, 7) is 2.43. The molecule has 1 fully saturated rings. The third kappa shape index (κ3) is 4.04. The zero-order valence-corrected chi connectivity index (χ0v) is 11.3. The van der Waals surface area contributed by atoms with Gasteiger partial charge in [-0.25, -0.2) is 0 Å². The van der Waals surface area contributed by atoms with Crippen molar-refractivity contribution in [2.24, 2.45) is 5.73 Å². The minimum absolute atomic E-state index is 0.0317. The summed E-state index contributed by atoms with van der Waals surface area (Å²) in [5, 5.41) is 2.99. The summed E-state index contributed by atoms with van der Waals surface area (Å²) < 4.78 is 5.57. The molecule has 4 nitrogen and oxygen atoms in total. The van der Waals surface area contributed by atoms with Gasteiger partial charge in [0.1, 0.15) is 6.10 Å². The molecule has 4 heteroatoms. The van der Waals surface area contributed by atoms with E-state index in [0.29, 0.717) is 6.54 Å². The first-order valence-electron chi connectivity index (χ1n) is 6.89. The van der Waals surface area contributed by atoms with Crippen molar-refractivity contribution in [3.8, 4) is 0 Å². The summed E-state index contributed by atoms with van der Waals surface area (Å²) in [5.41, 5.74) is 6.92. The maximum absolute atomic E-state index is 12.1. The van der Waals surface area contributed by atoms with Gasteiger partial charge < -0.3 is 15.8 Å². The molecule has 0 bridgehead atoms. The van der Waals surface area contributed by atoms with Crippen LogP contribution in [0.25, 0.3) is 0 Å². The molecule has 0 aromatic heterocycles. The second-order valence-electron chi connectivity index (χ2n) is 5.14. The highest BCUT2D eigenvalue weighted by atomic mass is 16.5. The topological polar surface area (TPSA) is 64.4 Å². The van der Waals surface area contributed by atoms with E-state index in [1.807, 2.05) is 37.3 Å². The lowest BCUT2D eigenvalue weighted by Gasteiger charge is -2.19.